The number of aromatic nitrogens is 1. The van der Waals surface area contributed by atoms with Gasteiger partial charge in [0.15, 0.2) is 0 Å². The van der Waals surface area contributed by atoms with E-state index in [-0.39, 0.29) is 5.91 Å². The highest BCUT2D eigenvalue weighted by atomic mass is 16.5. The van der Waals surface area contributed by atoms with Gasteiger partial charge in [-0.3, -0.25) is 4.79 Å². The minimum absolute atomic E-state index is 0.0679. The first-order valence-corrected chi connectivity index (χ1v) is 8.95. The molecule has 0 aliphatic rings. The Hall–Kier alpha value is -2.99. The van der Waals surface area contributed by atoms with Crippen LogP contribution in [-0.4, -0.2) is 31.7 Å². The normalized spacial score (nSPS) is 10.8. The van der Waals surface area contributed by atoms with E-state index in [0.717, 1.165) is 46.5 Å². The Morgan fingerprint density at radius 1 is 1.11 bits per heavy atom. The molecular formula is C21H25N3O3. The summed E-state index contributed by atoms with van der Waals surface area (Å²) in [4.78, 5) is 15.6. The van der Waals surface area contributed by atoms with Crippen molar-refractivity contribution in [2.45, 2.75) is 19.4 Å². The highest BCUT2D eigenvalue weighted by Crippen LogP contribution is 2.31. The average Bonchev–Trinajstić information content (AvgIpc) is 3.13. The number of rotatable bonds is 8. The zero-order valence-corrected chi connectivity index (χ0v) is 15.7. The molecular weight excluding hydrogens is 342 g/mol. The lowest BCUT2D eigenvalue weighted by atomic mass is 10.1. The number of amides is 1. The molecule has 142 valence electrons. The van der Waals surface area contributed by atoms with Crippen molar-refractivity contribution in [2.75, 3.05) is 20.8 Å². The van der Waals surface area contributed by atoms with Crippen molar-refractivity contribution < 1.29 is 14.3 Å². The van der Waals surface area contributed by atoms with Gasteiger partial charge in [-0.05, 0) is 36.6 Å². The first-order chi connectivity index (χ1) is 13.1. The second kappa shape index (κ2) is 8.60. The Morgan fingerprint density at radius 2 is 1.89 bits per heavy atom. The number of nitrogens with one attached hydrogen (secondary N) is 2. The Labute approximate surface area is 158 Å². The van der Waals surface area contributed by atoms with Gasteiger partial charge in [0.2, 0.25) is 0 Å². The lowest BCUT2D eigenvalue weighted by Crippen LogP contribution is -2.24. The number of carbonyl (C=O) groups excluding carboxylic acids is 1. The van der Waals surface area contributed by atoms with Crippen molar-refractivity contribution in [3.05, 3.63) is 59.3 Å². The zero-order valence-electron chi connectivity index (χ0n) is 15.7. The molecule has 0 bridgehead atoms. The predicted molar refractivity (Wildman–Crippen MR) is 106 cm³/mol. The van der Waals surface area contributed by atoms with Crippen LogP contribution in [0, 0.1) is 0 Å². The van der Waals surface area contributed by atoms with Crippen molar-refractivity contribution in [3.63, 3.8) is 0 Å². The summed E-state index contributed by atoms with van der Waals surface area (Å²) in [5.74, 6) is 1.46. The average molecular weight is 367 g/mol. The Balaban J connectivity index is 1.56. The van der Waals surface area contributed by atoms with Crippen LogP contribution in [0.15, 0.2) is 42.5 Å². The van der Waals surface area contributed by atoms with Crippen LogP contribution in [-0.2, 0) is 13.0 Å². The smallest absolute Gasteiger partial charge is 0.251 e. The number of H-pyrrole nitrogens is 1. The van der Waals surface area contributed by atoms with Crippen LogP contribution < -0.4 is 20.5 Å². The maximum atomic E-state index is 12.2. The Morgan fingerprint density at radius 3 is 2.56 bits per heavy atom. The van der Waals surface area contributed by atoms with Crippen molar-refractivity contribution in [1.29, 1.82) is 0 Å². The molecule has 3 rings (SSSR count). The maximum absolute atomic E-state index is 12.2. The van der Waals surface area contributed by atoms with E-state index in [1.807, 2.05) is 24.3 Å². The summed E-state index contributed by atoms with van der Waals surface area (Å²) in [7, 11) is 3.28. The van der Waals surface area contributed by atoms with Crippen LogP contribution in [0.2, 0.25) is 0 Å². The maximum Gasteiger partial charge on any atom is 0.251 e. The molecule has 0 spiro atoms. The van der Waals surface area contributed by atoms with Gasteiger partial charge in [-0.25, -0.2) is 0 Å². The standard InChI is InChI=1S/C21H25N3O3/c1-26-17-11-19-18(20(12-17)27-2)10-16(24-19)4-3-9-23-21(25)15-7-5-14(13-22)6-8-15/h5-8,10-12,24H,3-4,9,13,22H2,1-2H3,(H,23,25). The summed E-state index contributed by atoms with van der Waals surface area (Å²) >= 11 is 0. The van der Waals surface area contributed by atoms with E-state index in [2.05, 4.69) is 16.4 Å². The fourth-order valence-electron chi connectivity index (χ4n) is 3.03. The molecule has 0 saturated carbocycles. The number of carbonyl (C=O) groups is 1. The molecule has 6 nitrogen and oxygen atoms in total. The van der Waals surface area contributed by atoms with E-state index in [1.54, 1.807) is 26.4 Å². The van der Waals surface area contributed by atoms with Gasteiger partial charge < -0.3 is 25.5 Å². The SMILES string of the molecule is COc1cc(OC)c2cc(CCCNC(=O)c3ccc(CN)cc3)[nH]c2c1. The molecule has 0 saturated heterocycles. The van der Waals surface area contributed by atoms with Crippen LogP contribution in [0.5, 0.6) is 11.5 Å². The number of hydrogen-bond acceptors (Lipinski definition) is 4. The summed E-state index contributed by atoms with van der Waals surface area (Å²) in [6.07, 6.45) is 1.66. The molecule has 0 aliphatic heterocycles. The molecule has 27 heavy (non-hydrogen) atoms. The molecule has 0 fully saturated rings. The number of methoxy groups -OCH3 is 2. The van der Waals surface area contributed by atoms with Gasteiger partial charge in [0, 0.05) is 41.9 Å². The summed E-state index contributed by atoms with van der Waals surface area (Å²) in [5.41, 5.74) is 9.31. The van der Waals surface area contributed by atoms with E-state index in [1.165, 1.54) is 0 Å². The van der Waals surface area contributed by atoms with Crippen molar-refractivity contribution in [1.82, 2.24) is 10.3 Å². The third kappa shape index (κ3) is 4.41. The van der Waals surface area contributed by atoms with Gasteiger partial charge >= 0.3 is 0 Å². The molecule has 3 aromatic rings. The van der Waals surface area contributed by atoms with E-state index < -0.39 is 0 Å². The number of aromatic amines is 1. The molecule has 4 N–H and O–H groups in total. The number of benzene rings is 2. The van der Waals surface area contributed by atoms with Crippen LogP contribution in [0.1, 0.15) is 28.0 Å². The molecule has 1 heterocycles. The monoisotopic (exact) mass is 367 g/mol. The Bertz CT molecular complexity index is 916. The van der Waals surface area contributed by atoms with E-state index in [4.69, 9.17) is 15.2 Å². The molecule has 6 heteroatoms. The lowest BCUT2D eigenvalue weighted by Gasteiger charge is -2.05. The van der Waals surface area contributed by atoms with E-state index >= 15 is 0 Å². The number of fused-ring (bicyclic) bond motifs is 1. The molecule has 0 unspecified atom stereocenters. The quantitative estimate of drug-likeness (QED) is 0.534. The van der Waals surface area contributed by atoms with Crippen LogP contribution in [0.25, 0.3) is 10.9 Å². The lowest BCUT2D eigenvalue weighted by molar-refractivity contribution is 0.0953. The second-order valence-corrected chi connectivity index (χ2v) is 6.35. The molecule has 0 atom stereocenters. The number of hydrogen-bond donors (Lipinski definition) is 3. The number of ether oxygens (including phenoxy) is 2. The molecule has 2 aromatic carbocycles. The molecule has 0 radical (unpaired) electrons. The molecule has 0 aliphatic carbocycles. The number of aryl methyl sites for hydroxylation is 1. The Kier molecular flexibility index (Phi) is 5.98. The van der Waals surface area contributed by atoms with Gasteiger partial charge in [-0.1, -0.05) is 12.1 Å². The largest absolute Gasteiger partial charge is 0.497 e. The minimum atomic E-state index is -0.0679. The third-order valence-electron chi connectivity index (χ3n) is 4.55. The minimum Gasteiger partial charge on any atom is -0.497 e. The van der Waals surface area contributed by atoms with Gasteiger partial charge in [0.05, 0.1) is 19.7 Å². The second-order valence-electron chi connectivity index (χ2n) is 6.35. The highest BCUT2D eigenvalue weighted by molar-refractivity contribution is 5.94. The van der Waals surface area contributed by atoms with E-state index in [9.17, 15) is 4.79 Å². The summed E-state index contributed by atoms with van der Waals surface area (Å²) in [5, 5.41) is 3.98. The first kappa shape index (κ1) is 18.8. The highest BCUT2D eigenvalue weighted by Gasteiger charge is 2.09. The van der Waals surface area contributed by atoms with Crippen molar-refractivity contribution >= 4 is 16.8 Å². The van der Waals surface area contributed by atoms with Crippen molar-refractivity contribution in [3.8, 4) is 11.5 Å². The molecule has 1 amide bonds. The van der Waals surface area contributed by atoms with Crippen LogP contribution >= 0.6 is 0 Å². The van der Waals surface area contributed by atoms with Gasteiger partial charge in [-0.15, -0.1) is 0 Å². The fourth-order valence-corrected chi connectivity index (χ4v) is 3.03. The summed E-state index contributed by atoms with van der Waals surface area (Å²) in [6, 6.07) is 13.3. The fraction of sp³-hybridized carbons (Fsp3) is 0.286. The predicted octanol–water partition coefficient (Wildman–Crippen LogP) is 3.01. The van der Waals surface area contributed by atoms with Gasteiger partial charge in [0.1, 0.15) is 11.5 Å². The third-order valence-corrected chi connectivity index (χ3v) is 4.55. The summed E-state index contributed by atoms with van der Waals surface area (Å²) in [6.45, 7) is 1.08. The number of nitrogens with two attached hydrogens (primary N) is 1. The van der Waals surface area contributed by atoms with Gasteiger partial charge in [-0.2, -0.15) is 0 Å². The van der Waals surface area contributed by atoms with E-state index in [0.29, 0.717) is 18.7 Å². The van der Waals surface area contributed by atoms with Crippen LogP contribution in [0.4, 0.5) is 0 Å². The van der Waals surface area contributed by atoms with Crippen molar-refractivity contribution in [2.24, 2.45) is 5.73 Å². The topological polar surface area (TPSA) is 89.4 Å². The summed E-state index contributed by atoms with van der Waals surface area (Å²) < 4.78 is 10.7. The zero-order chi connectivity index (χ0) is 19.2. The first-order valence-electron chi connectivity index (χ1n) is 8.95. The molecule has 1 aromatic heterocycles. The van der Waals surface area contributed by atoms with Gasteiger partial charge in [0.25, 0.3) is 5.91 Å². The van der Waals surface area contributed by atoms with Crippen LogP contribution in [0.3, 0.4) is 0 Å².